The van der Waals surface area contributed by atoms with Crippen molar-refractivity contribution in [2.24, 2.45) is 5.92 Å². The van der Waals surface area contributed by atoms with Crippen LogP contribution in [0.3, 0.4) is 0 Å². The Hall–Kier alpha value is -1.55. The van der Waals surface area contributed by atoms with Crippen LogP contribution in [-0.4, -0.2) is 23.3 Å². The number of carboxylic acid groups (broad SMARTS) is 1. The minimum absolute atomic E-state index is 0.494. The molecule has 0 amide bonds. The summed E-state index contributed by atoms with van der Waals surface area (Å²) in [6.07, 6.45) is 4.41. The molecule has 4 nitrogen and oxygen atoms in total. The Balaban J connectivity index is 2.44. The highest BCUT2D eigenvalue weighted by molar-refractivity contribution is 5.72. The molecule has 1 aliphatic carbocycles. The van der Waals surface area contributed by atoms with Gasteiger partial charge >= 0.3 is 5.97 Å². The number of aryl methyl sites for hydroxylation is 1. The van der Waals surface area contributed by atoms with Crippen LogP contribution >= 0.6 is 0 Å². The number of carbonyl (C=O) groups is 1. The number of methoxy groups -OCH3 is 1. The second kappa shape index (κ2) is 6.48. The Bertz CT molecular complexity index is 512. The second-order valence-electron chi connectivity index (χ2n) is 5.83. The first kappa shape index (κ1) is 15.8. The molecule has 2 N–H and O–H groups in total. The number of benzene rings is 1. The van der Waals surface area contributed by atoms with Crippen molar-refractivity contribution < 1.29 is 19.7 Å². The predicted octanol–water partition coefficient (Wildman–Crippen LogP) is 3.11. The van der Waals surface area contributed by atoms with Crippen LogP contribution < -0.4 is 4.74 Å². The summed E-state index contributed by atoms with van der Waals surface area (Å²) in [6, 6.07) is 5.61. The van der Waals surface area contributed by atoms with Gasteiger partial charge in [0.1, 0.15) is 11.4 Å². The molecule has 4 heteroatoms. The summed E-state index contributed by atoms with van der Waals surface area (Å²) in [5, 5.41) is 20.7. The maximum atomic E-state index is 11.7. The van der Waals surface area contributed by atoms with Crippen molar-refractivity contribution in [1.29, 1.82) is 0 Å². The molecule has 0 spiro atoms. The van der Waals surface area contributed by atoms with Crippen molar-refractivity contribution in [3.8, 4) is 5.75 Å². The molecule has 2 atom stereocenters. The highest BCUT2D eigenvalue weighted by atomic mass is 16.5. The number of rotatable bonds is 6. The molecular weight excluding hydrogens is 268 g/mol. The zero-order chi connectivity index (χ0) is 15.5. The summed E-state index contributed by atoms with van der Waals surface area (Å²) in [5.74, 6) is -1.01. The van der Waals surface area contributed by atoms with Gasteiger partial charge in [-0.2, -0.15) is 0 Å². The lowest BCUT2D eigenvalue weighted by molar-refractivity contribution is -0.155. The van der Waals surface area contributed by atoms with Gasteiger partial charge in [-0.25, -0.2) is 0 Å². The molecule has 2 rings (SSSR count). The lowest BCUT2D eigenvalue weighted by atomic mass is 9.70. The topological polar surface area (TPSA) is 66.8 Å². The van der Waals surface area contributed by atoms with E-state index in [9.17, 15) is 15.0 Å². The number of carboxylic acids is 1. The van der Waals surface area contributed by atoms with Crippen molar-refractivity contribution in [1.82, 2.24) is 0 Å². The fourth-order valence-corrected chi connectivity index (χ4v) is 3.32. The van der Waals surface area contributed by atoms with Gasteiger partial charge in [0.05, 0.1) is 13.0 Å². The predicted molar refractivity (Wildman–Crippen MR) is 80.5 cm³/mol. The first-order chi connectivity index (χ1) is 10.0. The standard InChI is InChI=1S/C17H24O4/c1-3-4-7-14(16(18)19)17(20)10-5-6-12-8-9-13(21-2)11-15(12)17/h8-9,11,14,20H,3-7,10H2,1-2H3,(H,18,19). The van der Waals surface area contributed by atoms with Crippen LogP contribution in [-0.2, 0) is 16.8 Å². The van der Waals surface area contributed by atoms with Gasteiger partial charge in [0.15, 0.2) is 0 Å². The first-order valence-corrected chi connectivity index (χ1v) is 7.65. The fraction of sp³-hybridized carbons (Fsp3) is 0.588. The Kier molecular flexibility index (Phi) is 4.88. The minimum Gasteiger partial charge on any atom is -0.497 e. The van der Waals surface area contributed by atoms with Crippen LogP contribution in [0.2, 0.25) is 0 Å². The van der Waals surface area contributed by atoms with E-state index >= 15 is 0 Å². The summed E-state index contributed by atoms with van der Waals surface area (Å²) in [4.78, 5) is 11.7. The van der Waals surface area contributed by atoms with Gasteiger partial charge in [0, 0.05) is 0 Å². The van der Waals surface area contributed by atoms with E-state index in [1.165, 1.54) is 0 Å². The third-order valence-corrected chi connectivity index (χ3v) is 4.51. The highest BCUT2D eigenvalue weighted by Gasteiger charge is 2.45. The lowest BCUT2D eigenvalue weighted by Crippen LogP contribution is -2.42. The largest absolute Gasteiger partial charge is 0.497 e. The first-order valence-electron chi connectivity index (χ1n) is 7.65. The fourth-order valence-electron chi connectivity index (χ4n) is 3.32. The molecule has 0 bridgehead atoms. The van der Waals surface area contributed by atoms with Crippen LogP contribution in [0, 0.1) is 5.92 Å². The van der Waals surface area contributed by atoms with Gasteiger partial charge in [-0.3, -0.25) is 4.79 Å². The van der Waals surface area contributed by atoms with Crippen LogP contribution in [0.4, 0.5) is 0 Å². The van der Waals surface area contributed by atoms with E-state index in [-0.39, 0.29) is 0 Å². The third-order valence-electron chi connectivity index (χ3n) is 4.51. The number of aliphatic hydroxyl groups is 1. The zero-order valence-electron chi connectivity index (χ0n) is 12.8. The van der Waals surface area contributed by atoms with Gasteiger partial charge < -0.3 is 14.9 Å². The molecule has 1 aliphatic rings. The quantitative estimate of drug-likeness (QED) is 0.845. The summed E-state index contributed by atoms with van der Waals surface area (Å²) in [7, 11) is 1.58. The maximum Gasteiger partial charge on any atom is 0.309 e. The smallest absolute Gasteiger partial charge is 0.309 e. The second-order valence-corrected chi connectivity index (χ2v) is 5.83. The molecule has 2 unspecified atom stereocenters. The normalized spacial score (nSPS) is 22.4. The number of hydrogen-bond donors (Lipinski definition) is 2. The van der Waals surface area contributed by atoms with E-state index in [0.717, 1.165) is 36.8 Å². The molecule has 21 heavy (non-hydrogen) atoms. The summed E-state index contributed by atoms with van der Waals surface area (Å²) in [5.41, 5.74) is 0.479. The number of fused-ring (bicyclic) bond motifs is 1. The van der Waals surface area contributed by atoms with Crippen molar-refractivity contribution in [2.75, 3.05) is 7.11 Å². The molecule has 0 aromatic heterocycles. The molecule has 116 valence electrons. The Morgan fingerprint density at radius 1 is 1.48 bits per heavy atom. The average Bonchev–Trinajstić information content (AvgIpc) is 2.47. The molecular formula is C17H24O4. The van der Waals surface area contributed by atoms with Crippen LogP contribution in [0.15, 0.2) is 18.2 Å². The Morgan fingerprint density at radius 3 is 2.86 bits per heavy atom. The van der Waals surface area contributed by atoms with Crippen LogP contribution in [0.1, 0.15) is 50.2 Å². The van der Waals surface area contributed by atoms with Crippen LogP contribution in [0.5, 0.6) is 5.75 Å². The van der Waals surface area contributed by atoms with Crippen molar-refractivity contribution in [3.05, 3.63) is 29.3 Å². The van der Waals surface area contributed by atoms with E-state index in [1.807, 2.05) is 19.1 Å². The number of unbranched alkanes of at least 4 members (excludes halogenated alkanes) is 1. The van der Waals surface area contributed by atoms with Crippen molar-refractivity contribution in [2.45, 2.75) is 51.0 Å². The van der Waals surface area contributed by atoms with Gasteiger partial charge in [-0.1, -0.05) is 25.8 Å². The molecule has 1 aromatic carbocycles. The van der Waals surface area contributed by atoms with Gasteiger partial charge in [-0.05, 0) is 48.9 Å². The number of aliphatic carboxylic acids is 1. The molecule has 0 saturated carbocycles. The molecule has 1 aromatic rings. The third kappa shape index (κ3) is 3.05. The molecule has 0 saturated heterocycles. The minimum atomic E-state index is -1.29. The zero-order valence-corrected chi connectivity index (χ0v) is 12.8. The van der Waals surface area contributed by atoms with E-state index in [2.05, 4.69) is 0 Å². The van der Waals surface area contributed by atoms with E-state index < -0.39 is 17.5 Å². The average molecular weight is 292 g/mol. The van der Waals surface area contributed by atoms with E-state index in [4.69, 9.17) is 4.74 Å². The maximum absolute atomic E-state index is 11.7. The highest BCUT2D eigenvalue weighted by Crippen LogP contribution is 2.44. The van der Waals surface area contributed by atoms with E-state index in [1.54, 1.807) is 13.2 Å². The monoisotopic (exact) mass is 292 g/mol. The van der Waals surface area contributed by atoms with Crippen LogP contribution in [0.25, 0.3) is 0 Å². The molecule has 0 heterocycles. The van der Waals surface area contributed by atoms with Gasteiger partial charge in [-0.15, -0.1) is 0 Å². The lowest BCUT2D eigenvalue weighted by Gasteiger charge is -2.39. The molecule has 0 aliphatic heterocycles. The summed E-state index contributed by atoms with van der Waals surface area (Å²) < 4.78 is 5.24. The van der Waals surface area contributed by atoms with E-state index in [0.29, 0.717) is 18.6 Å². The van der Waals surface area contributed by atoms with Gasteiger partial charge in [0.2, 0.25) is 0 Å². The van der Waals surface area contributed by atoms with Crippen molar-refractivity contribution in [3.63, 3.8) is 0 Å². The SMILES string of the molecule is CCCCC(C(=O)O)C1(O)CCCc2ccc(OC)cc21. The number of ether oxygens (including phenoxy) is 1. The summed E-state index contributed by atoms with van der Waals surface area (Å²) >= 11 is 0. The summed E-state index contributed by atoms with van der Waals surface area (Å²) in [6.45, 7) is 2.03. The molecule has 0 radical (unpaired) electrons. The number of hydrogen-bond acceptors (Lipinski definition) is 3. The van der Waals surface area contributed by atoms with Gasteiger partial charge in [0.25, 0.3) is 0 Å². The Morgan fingerprint density at radius 2 is 2.24 bits per heavy atom. The molecule has 0 fully saturated rings. The van der Waals surface area contributed by atoms with Crippen molar-refractivity contribution >= 4 is 5.97 Å². The Labute approximate surface area is 125 Å².